The zero-order valence-corrected chi connectivity index (χ0v) is 16.0. The van der Waals surface area contributed by atoms with E-state index < -0.39 is 6.04 Å². The van der Waals surface area contributed by atoms with Crippen molar-refractivity contribution in [2.24, 2.45) is 0 Å². The summed E-state index contributed by atoms with van der Waals surface area (Å²) in [7, 11) is 3.21. The molecule has 0 bridgehead atoms. The molecule has 0 saturated carbocycles. The molecular weight excluding hydrogens is 360 g/mol. The molecule has 1 atom stereocenters. The van der Waals surface area contributed by atoms with Gasteiger partial charge in [-0.2, -0.15) is 0 Å². The van der Waals surface area contributed by atoms with Crippen LogP contribution in [-0.2, 0) is 27.4 Å². The van der Waals surface area contributed by atoms with E-state index in [0.717, 1.165) is 22.6 Å². The van der Waals surface area contributed by atoms with Gasteiger partial charge in [0, 0.05) is 13.1 Å². The van der Waals surface area contributed by atoms with Crippen LogP contribution in [0.3, 0.4) is 0 Å². The topological polar surface area (TPSA) is 77.1 Å². The summed E-state index contributed by atoms with van der Waals surface area (Å²) in [5.41, 5.74) is 1.86. The standard InChI is InChI=1S/C21H24N2O5/c1-26-17-7-3-15(4-8-17)11-22-21(25)19-13-28-14-20(24)23(19)12-16-5-9-18(27-2)10-6-16/h3-10,19H,11-14H2,1-2H3,(H,22,25)/t19-/m0/s1. The van der Waals surface area contributed by atoms with E-state index in [9.17, 15) is 9.59 Å². The Morgan fingerprint density at radius 2 is 1.61 bits per heavy atom. The first-order valence-corrected chi connectivity index (χ1v) is 9.01. The fourth-order valence-corrected chi connectivity index (χ4v) is 3.00. The second kappa shape index (κ2) is 9.23. The molecule has 7 nitrogen and oxygen atoms in total. The van der Waals surface area contributed by atoms with Crippen molar-refractivity contribution in [2.45, 2.75) is 19.1 Å². The van der Waals surface area contributed by atoms with E-state index in [4.69, 9.17) is 14.2 Å². The summed E-state index contributed by atoms with van der Waals surface area (Å²) in [6, 6.07) is 14.2. The molecule has 1 aliphatic heterocycles. The Kier molecular flexibility index (Phi) is 6.49. The van der Waals surface area contributed by atoms with Gasteiger partial charge in [0.2, 0.25) is 11.8 Å². The maximum absolute atomic E-state index is 12.7. The SMILES string of the molecule is COc1ccc(CNC(=O)[C@@H]2COCC(=O)N2Cc2ccc(OC)cc2)cc1. The van der Waals surface area contributed by atoms with Gasteiger partial charge in [-0.15, -0.1) is 0 Å². The number of rotatable bonds is 7. The predicted octanol–water partition coefficient (Wildman–Crippen LogP) is 1.75. The number of methoxy groups -OCH3 is 2. The van der Waals surface area contributed by atoms with Gasteiger partial charge in [-0.3, -0.25) is 9.59 Å². The van der Waals surface area contributed by atoms with Crippen LogP contribution in [-0.4, -0.2) is 50.2 Å². The molecule has 1 N–H and O–H groups in total. The lowest BCUT2D eigenvalue weighted by Gasteiger charge is -2.34. The molecule has 7 heteroatoms. The minimum absolute atomic E-state index is 0.0155. The van der Waals surface area contributed by atoms with E-state index in [1.165, 1.54) is 0 Å². The van der Waals surface area contributed by atoms with Crippen molar-refractivity contribution in [3.63, 3.8) is 0 Å². The highest BCUT2D eigenvalue weighted by atomic mass is 16.5. The second-order valence-electron chi connectivity index (χ2n) is 6.47. The predicted molar refractivity (Wildman–Crippen MR) is 103 cm³/mol. The fourth-order valence-electron chi connectivity index (χ4n) is 3.00. The first-order valence-electron chi connectivity index (χ1n) is 9.01. The molecule has 0 unspecified atom stereocenters. The number of nitrogens with zero attached hydrogens (tertiary/aromatic N) is 1. The number of carbonyl (C=O) groups excluding carboxylic acids is 2. The third kappa shape index (κ3) is 4.80. The number of hydrogen-bond acceptors (Lipinski definition) is 5. The Hall–Kier alpha value is -3.06. The van der Waals surface area contributed by atoms with Gasteiger partial charge in [-0.1, -0.05) is 24.3 Å². The van der Waals surface area contributed by atoms with Crippen molar-refractivity contribution in [2.75, 3.05) is 27.4 Å². The summed E-state index contributed by atoms with van der Waals surface area (Å²) in [5, 5.41) is 2.89. The van der Waals surface area contributed by atoms with Gasteiger partial charge < -0.3 is 24.4 Å². The van der Waals surface area contributed by atoms with E-state index in [2.05, 4.69) is 5.32 Å². The van der Waals surface area contributed by atoms with Crippen molar-refractivity contribution < 1.29 is 23.8 Å². The fraction of sp³-hybridized carbons (Fsp3) is 0.333. The zero-order chi connectivity index (χ0) is 19.9. The maximum atomic E-state index is 12.7. The van der Waals surface area contributed by atoms with Crippen LogP contribution in [0, 0.1) is 0 Å². The van der Waals surface area contributed by atoms with E-state index >= 15 is 0 Å². The molecule has 1 heterocycles. The van der Waals surface area contributed by atoms with Gasteiger partial charge in [-0.25, -0.2) is 0 Å². The quantitative estimate of drug-likeness (QED) is 0.787. The Labute approximate surface area is 164 Å². The molecule has 2 aromatic rings. The molecule has 148 valence electrons. The number of carbonyl (C=O) groups is 2. The summed E-state index contributed by atoms with van der Waals surface area (Å²) < 4.78 is 15.6. The number of morpholine rings is 1. The first-order chi connectivity index (χ1) is 13.6. The normalized spacial score (nSPS) is 16.6. The third-order valence-corrected chi connectivity index (χ3v) is 4.64. The highest BCUT2D eigenvalue weighted by molar-refractivity contribution is 5.89. The minimum Gasteiger partial charge on any atom is -0.497 e. The average Bonchev–Trinajstić information content (AvgIpc) is 2.74. The molecule has 0 aliphatic carbocycles. The number of ether oxygens (including phenoxy) is 3. The van der Waals surface area contributed by atoms with Crippen LogP contribution in [0.15, 0.2) is 48.5 Å². The summed E-state index contributed by atoms with van der Waals surface area (Å²) in [5.74, 6) is 1.06. The summed E-state index contributed by atoms with van der Waals surface area (Å²) in [6.07, 6.45) is 0. The third-order valence-electron chi connectivity index (χ3n) is 4.64. The van der Waals surface area contributed by atoms with Crippen LogP contribution in [0.1, 0.15) is 11.1 Å². The highest BCUT2D eigenvalue weighted by Crippen LogP contribution is 2.17. The lowest BCUT2D eigenvalue weighted by molar-refractivity contribution is -0.155. The monoisotopic (exact) mass is 384 g/mol. The molecule has 1 aliphatic rings. The van der Waals surface area contributed by atoms with Gasteiger partial charge in [-0.05, 0) is 35.4 Å². The largest absolute Gasteiger partial charge is 0.497 e. The minimum atomic E-state index is -0.665. The zero-order valence-electron chi connectivity index (χ0n) is 16.0. The van der Waals surface area contributed by atoms with E-state index in [1.807, 2.05) is 48.5 Å². The lowest BCUT2D eigenvalue weighted by atomic mass is 10.1. The van der Waals surface area contributed by atoms with Gasteiger partial charge >= 0.3 is 0 Å². The van der Waals surface area contributed by atoms with Gasteiger partial charge in [0.15, 0.2) is 0 Å². The summed E-state index contributed by atoms with van der Waals surface area (Å²) in [4.78, 5) is 26.6. The molecule has 0 spiro atoms. The summed E-state index contributed by atoms with van der Waals surface area (Å²) in [6.45, 7) is 0.867. The van der Waals surface area contributed by atoms with E-state index in [1.54, 1.807) is 19.1 Å². The van der Waals surface area contributed by atoms with Crippen molar-refractivity contribution >= 4 is 11.8 Å². The maximum Gasteiger partial charge on any atom is 0.249 e. The average molecular weight is 384 g/mol. The van der Waals surface area contributed by atoms with Gasteiger partial charge in [0.25, 0.3) is 0 Å². The number of benzene rings is 2. The van der Waals surface area contributed by atoms with Gasteiger partial charge in [0.05, 0.1) is 20.8 Å². The van der Waals surface area contributed by atoms with Crippen LogP contribution >= 0.6 is 0 Å². The Balaban J connectivity index is 1.64. The van der Waals surface area contributed by atoms with Crippen molar-refractivity contribution in [1.82, 2.24) is 10.2 Å². The Morgan fingerprint density at radius 1 is 1.04 bits per heavy atom. The van der Waals surface area contributed by atoms with Gasteiger partial charge in [0.1, 0.15) is 24.1 Å². The number of hydrogen-bond donors (Lipinski definition) is 1. The molecule has 0 radical (unpaired) electrons. The second-order valence-corrected chi connectivity index (χ2v) is 6.47. The molecule has 28 heavy (non-hydrogen) atoms. The van der Waals surface area contributed by atoms with Crippen LogP contribution in [0.25, 0.3) is 0 Å². The van der Waals surface area contributed by atoms with Crippen molar-refractivity contribution in [3.05, 3.63) is 59.7 Å². The highest BCUT2D eigenvalue weighted by Gasteiger charge is 2.33. The van der Waals surface area contributed by atoms with Crippen molar-refractivity contribution in [3.8, 4) is 11.5 Å². The summed E-state index contributed by atoms with van der Waals surface area (Å²) >= 11 is 0. The Morgan fingerprint density at radius 3 is 2.18 bits per heavy atom. The van der Waals surface area contributed by atoms with Crippen LogP contribution in [0.5, 0.6) is 11.5 Å². The van der Waals surface area contributed by atoms with E-state index in [-0.39, 0.29) is 25.0 Å². The molecule has 1 fully saturated rings. The molecule has 3 rings (SSSR count). The van der Waals surface area contributed by atoms with Crippen LogP contribution in [0.2, 0.25) is 0 Å². The first kappa shape index (κ1) is 19.7. The van der Waals surface area contributed by atoms with Crippen LogP contribution < -0.4 is 14.8 Å². The van der Waals surface area contributed by atoms with Crippen LogP contribution in [0.4, 0.5) is 0 Å². The lowest BCUT2D eigenvalue weighted by Crippen LogP contribution is -2.55. The molecule has 1 saturated heterocycles. The molecule has 0 aromatic heterocycles. The number of amides is 2. The smallest absolute Gasteiger partial charge is 0.249 e. The number of nitrogens with one attached hydrogen (secondary N) is 1. The van der Waals surface area contributed by atoms with Crippen molar-refractivity contribution in [1.29, 1.82) is 0 Å². The molecular formula is C21H24N2O5. The Bertz CT molecular complexity index is 805. The molecule has 2 amide bonds. The van der Waals surface area contributed by atoms with E-state index in [0.29, 0.717) is 13.1 Å². The molecule has 2 aromatic carbocycles.